The summed E-state index contributed by atoms with van der Waals surface area (Å²) in [5, 5.41) is 11.7. The summed E-state index contributed by atoms with van der Waals surface area (Å²) >= 11 is 0. The zero-order chi connectivity index (χ0) is 11.7. The fourth-order valence-corrected chi connectivity index (χ4v) is 1.85. The molecule has 5 nitrogen and oxygen atoms in total. The fourth-order valence-electron chi connectivity index (χ4n) is 1.85. The molecule has 2 rings (SSSR count). The first-order valence-electron chi connectivity index (χ1n) is 4.83. The average molecular weight is 221 g/mol. The minimum Gasteiger partial charge on any atom is -0.495 e. The smallest absolute Gasteiger partial charge is 0.311 e. The molecule has 0 aliphatic carbocycles. The number of fused-ring (bicyclic) bond motifs is 1. The monoisotopic (exact) mass is 221 g/mol. The van der Waals surface area contributed by atoms with Crippen molar-refractivity contribution >= 4 is 17.6 Å². The molecule has 0 saturated carbocycles. The Bertz CT molecular complexity index is 455. The zero-order valence-corrected chi connectivity index (χ0v) is 8.69. The number of hydrogen-bond donors (Lipinski definition) is 2. The summed E-state index contributed by atoms with van der Waals surface area (Å²) in [4.78, 5) is 22.4. The molecule has 1 aliphatic rings. The molecular formula is C11H11NO4. The van der Waals surface area contributed by atoms with E-state index in [9.17, 15) is 9.59 Å². The summed E-state index contributed by atoms with van der Waals surface area (Å²) in [6.07, 6.45) is -0.0322. The Hall–Kier alpha value is -2.04. The van der Waals surface area contributed by atoms with Gasteiger partial charge in [-0.15, -0.1) is 0 Å². The van der Waals surface area contributed by atoms with E-state index in [2.05, 4.69) is 5.32 Å². The fraction of sp³-hybridized carbons (Fsp3) is 0.273. The van der Waals surface area contributed by atoms with Crippen LogP contribution in [0.3, 0.4) is 0 Å². The van der Waals surface area contributed by atoms with Gasteiger partial charge in [0.1, 0.15) is 5.75 Å². The molecule has 1 atom stereocenters. The second-order valence-corrected chi connectivity index (χ2v) is 3.57. The quantitative estimate of drug-likeness (QED) is 0.786. The molecule has 2 N–H and O–H groups in total. The molecule has 1 heterocycles. The summed E-state index contributed by atoms with van der Waals surface area (Å²) in [6.45, 7) is 0. The number of rotatable bonds is 2. The van der Waals surface area contributed by atoms with Crippen molar-refractivity contribution in [2.24, 2.45) is 0 Å². The van der Waals surface area contributed by atoms with E-state index in [0.29, 0.717) is 17.0 Å². The topological polar surface area (TPSA) is 75.6 Å². The van der Waals surface area contributed by atoms with Gasteiger partial charge in [0.2, 0.25) is 5.91 Å². The molecule has 1 aliphatic heterocycles. The summed E-state index contributed by atoms with van der Waals surface area (Å²) in [5.41, 5.74) is 1.06. The SMILES string of the molecule is COc1cccc2c1NC(=O)C[C@@H]2C(=O)O. The molecule has 84 valence electrons. The van der Waals surface area contributed by atoms with E-state index in [0.717, 1.165) is 0 Å². The lowest BCUT2D eigenvalue weighted by molar-refractivity contribution is -0.140. The van der Waals surface area contributed by atoms with Gasteiger partial charge in [0.15, 0.2) is 0 Å². The van der Waals surface area contributed by atoms with Gasteiger partial charge in [0, 0.05) is 6.42 Å². The van der Waals surface area contributed by atoms with E-state index < -0.39 is 11.9 Å². The molecule has 0 radical (unpaired) electrons. The lowest BCUT2D eigenvalue weighted by atomic mass is 9.90. The van der Waals surface area contributed by atoms with Crippen molar-refractivity contribution in [3.63, 3.8) is 0 Å². The highest BCUT2D eigenvalue weighted by molar-refractivity contribution is 6.01. The molecule has 1 amide bonds. The van der Waals surface area contributed by atoms with Crippen molar-refractivity contribution in [1.82, 2.24) is 0 Å². The summed E-state index contributed by atoms with van der Waals surface area (Å²) in [7, 11) is 1.48. The van der Waals surface area contributed by atoms with Crippen LogP contribution in [0, 0.1) is 0 Å². The highest BCUT2D eigenvalue weighted by atomic mass is 16.5. The molecule has 1 aromatic carbocycles. The first kappa shape index (κ1) is 10.5. The lowest BCUT2D eigenvalue weighted by Gasteiger charge is -2.24. The number of methoxy groups -OCH3 is 1. The van der Waals surface area contributed by atoms with Crippen LogP contribution < -0.4 is 10.1 Å². The Labute approximate surface area is 92.0 Å². The first-order chi connectivity index (χ1) is 7.63. The number of ether oxygens (including phenoxy) is 1. The molecule has 0 saturated heterocycles. The minimum atomic E-state index is -0.996. The van der Waals surface area contributed by atoms with E-state index >= 15 is 0 Å². The number of amides is 1. The van der Waals surface area contributed by atoms with Crippen molar-refractivity contribution in [3.8, 4) is 5.75 Å². The number of carboxylic acids is 1. The van der Waals surface area contributed by atoms with Gasteiger partial charge in [-0.1, -0.05) is 12.1 Å². The van der Waals surface area contributed by atoms with Gasteiger partial charge < -0.3 is 15.2 Å². The largest absolute Gasteiger partial charge is 0.495 e. The molecular weight excluding hydrogens is 210 g/mol. The standard InChI is InChI=1S/C11H11NO4/c1-16-8-4-2-3-6-7(11(14)15)5-9(13)12-10(6)8/h2-4,7H,5H2,1H3,(H,12,13)(H,14,15)/t7-/m0/s1. The van der Waals surface area contributed by atoms with Crippen LogP contribution in [0.5, 0.6) is 5.75 Å². The van der Waals surface area contributed by atoms with E-state index in [-0.39, 0.29) is 12.3 Å². The minimum absolute atomic E-state index is 0.0322. The van der Waals surface area contributed by atoms with E-state index in [1.54, 1.807) is 18.2 Å². The zero-order valence-electron chi connectivity index (χ0n) is 8.69. The van der Waals surface area contributed by atoms with E-state index in [1.165, 1.54) is 7.11 Å². The van der Waals surface area contributed by atoms with Gasteiger partial charge in [0.05, 0.1) is 18.7 Å². The first-order valence-corrected chi connectivity index (χ1v) is 4.83. The molecule has 0 fully saturated rings. The van der Waals surface area contributed by atoms with Crippen LogP contribution in [-0.4, -0.2) is 24.1 Å². The molecule has 1 aromatic rings. The van der Waals surface area contributed by atoms with Gasteiger partial charge in [0.25, 0.3) is 0 Å². The molecule has 0 spiro atoms. The Morgan fingerprint density at radius 2 is 2.31 bits per heavy atom. The van der Waals surface area contributed by atoms with Crippen LogP contribution in [0.15, 0.2) is 18.2 Å². The molecule has 16 heavy (non-hydrogen) atoms. The number of hydrogen-bond acceptors (Lipinski definition) is 3. The second kappa shape index (κ2) is 3.84. The number of carbonyl (C=O) groups excluding carboxylic acids is 1. The molecule has 0 bridgehead atoms. The van der Waals surface area contributed by atoms with Crippen LogP contribution in [0.25, 0.3) is 0 Å². The van der Waals surface area contributed by atoms with Crippen LogP contribution >= 0.6 is 0 Å². The predicted octanol–water partition coefficient (Wildman–Crippen LogP) is 1.21. The van der Waals surface area contributed by atoms with Crippen LogP contribution in [0.2, 0.25) is 0 Å². The summed E-state index contributed by atoms with van der Waals surface area (Å²) < 4.78 is 5.08. The highest BCUT2D eigenvalue weighted by Gasteiger charge is 2.31. The maximum absolute atomic E-state index is 11.4. The van der Waals surface area contributed by atoms with Gasteiger partial charge in [-0.2, -0.15) is 0 Å². The normalized spacial score (nSPS) is 18.6. The number of carbonyl (C=O) groups is 2. The predicted molar refractivity (Wildman–Crippen MR) is 56.6 cm³/mol. The van der Waals surface area contributed by atoms with Crippen molar-refractivity contribution < 1.29 is 19.4 Å². The van der Waals surface area contributed by atoms with Gasteiger partial charge in [-0.05, 0) is 11.6 Å². The number of aliphatic carboxylic acids is 1. The Kier molecular flexibility index (Phi) is 2.52. The van der Waals surface area contributed by atoms with E-state index in [4.69, 9.17) is 9.84 Å². The molecule has 0 aromatic heterocycles. The number of carboxylic acid groups (broad SMARTS) is 1. The maximum atomic E-state index is 11.4. The summed E-state index contributed by atoms with van der Waals surface area (Å²) in [6, 6.07) is 5.09. The van der Waals surface area contributed by atoms with Crippen molar-refractivity contribution in [3.05, 3.63) is 23.8 Å². The van der Waals surface area contributed by atoms with Gasteiger partial charge in [-0.3, -0.25) is 9.59 Å². The van der Waals surface area contributed by atoms with Gasteiger partial charge >= 0.3 is 5.97 Å². The van der Waals surface area contributed by atoms with E-state index in [1.807, 2.05) is 0 Å². The van der Waals surface area contributed by atoms with Crippen LogP contribution in [0.4, 0.5) is 5.69 Å². The third kappa shape index (κ3) is 1.60. The number of benzene rings is 1. The highest BCUT2D eigenvalue weighted by Crippen LogP contribution is 2.38. The molecule has 5 heteroatoms. The van der Waals surface area contributed by atoms with Crippen molar-refractivity contribution in [2.45, 2.75) is 12.3 Å². The number of anilines is 1. The Balaban J connectivity index is 2.55. The van der Waals surface area contributed by atoms with Crippen LogP contribution in [0.1, 0.15) is 17.9 Å². The Morgan fingerprint density at radius 3 is 2.94 bits per heavy atom. The molecule has 0 unspecified atom stereocenters. The average Bonchev–Trinajstić information content (AvgIpc) is 2.27. The second-order valence-electron chi connectivity index (χ2n) is 3.57. The number of nitrogens with one attached hydrogen (secondary N) is 1. The maximum Gasteiger partial charge on any atom is 0.311 e. The third-order valence-electron chi connectivity index (χ3n) is 2.61. The van der Waals surface area contributed by atoms with Gasteiger partial charge in [-0.25, -0.2) is 0 Å². The van der Waals surface area contributed by atoms with Crippen molar-refractivity contribution in [2.75, 3.05) is 12.4 Å². The van der Waals surface area contributed by atoms with Crippen molar-refractivity contribution in [1.29, 1.82) is 0 Å². The Morgan fingerprint density at radius 1 is 1.56 bits per heavy atom. The van der Waals surface area contributed by atoms with Crippen LogP contribution in [-0.2, 0) is 9.59 Å². The summed E-state index contributed by atoms with van der Waals surface area (Å²) in [5.74, 6) is -1.61. The number of para-hydroxylation sites is 1. The lowest BCUT2D eigenvalue weighted by Crippen LogP contribution is -2.27. The third-order valence-corrected chi connectivity index (χ3v) is 2.61.